The van der Waals surface area contributed by atoms with Crippen molar-refractivity contribution < 1.29 is 19.1 Å². The molecular weight excluding hydrogens is 620 g/mol. The van der Waals surface area contributed by atoms with E-state index in [1.165, 1.54) is 0 Å². The lowest BCUT2D eigenvalue weighted by Gasteiger charge is -2.40. The second kappa shape index (κ2) is 14.8. The molecule has 4 aliphatic heterocycles. The molecule has 2 aromatic carbocycles. The average Bonchev–Trinajstić information content (AvgIpc) is 3.25. The van der Waals surface area contributed by atoms with Crippen molar-refractivity contribution in [3.63, 3.8) is 0 Å². The van der Waals surface area contributed by atoms with E-state index in [4.69, 9.17) is 4.74 Å². The number of amides is 4. The van der Waals surface area contributed by atoms with Gasteiger partial charge in [-0.05, 0) is 87.4 Å². The summed E-state index contributed by atoms with van der Waals surface area (Å²) in [5.41, 5.74) is 4.91. The summed E-state index contributed by atoms with van der Waals surface area (Å²) in [7, 11) is 1.90. The van der Waals surface area contributed by atoms with Crippen LogP contribution in [0.5, 0.6) is 0 Å². The Kier molecular flexibility index (Phi) is 10.0. The van der Waals surface area contributed by atoms with Crippen LogP contribution in [-0.4, -0.2) is 125 Å². The van der Waals surface area contributed by atoms with Gasteiger partial charge in [-0.25, -0.2) is 9.59 Å². The Bertz CT molecular complexity index is 1650. The van der Waals surface area contributed by atoms with Crippen molar-refractivity contribution in [3.8, 4) is 0 Å². The molecule has 4 aliphatic rings. The molecule has 12 nitrogen and oxygen atoms in total. The highest BCUT2D eigenvalue weighted by Crippen LogP contribution is 2.27. The number of rotatable bonds is 6. The number of benzene rings is 2. The maximum atomic E-state index is 14.2. The van der Waals surface area contributed by atoms with Gasteiger partial charge in [-0.3, -0.25) is 14.4 Å². The third-order valence-corrected chi connectivity index (χ3v) is 10.9. The zero-order chi connectivity index (χ0) is 33.9. The van der Waals surface area contributed by atoms with Crippen LogP contribution < -0.4 is 10.6 Å². The normalized spacial score (nSPS) is 20.8. The third-order valence-electron chi connectivity index (χ3n) is 10.9. The molecule has 0 aliphatic carbocycles. The standard InChI is InChI=1S/C37H50N8O4/c1-26-22-27(23-29-25-41(2)40-34(26)29)24-33(35(46)43-16-9-30(10-17-43)42-15-5-13-38-14-21-42)49-37(48)44-18-11-31(12-19-44)45-20-8-28-6-3-4-7-32(28)39-36(45)47/h3-4,6-7,22-23,25,30-31,33,38H,5,8-21,24H2,1-2H3,(H,39,47)/t33-/m1/s1. The molecular formula is C37H50N8O4. The Hall–Kier alpha value is -4.16. The van der Waals surface area contributed by atoms with Crippen molar-refractivity contribution in [1.29, 1.82) is 0 Å². The maximum Gasteiger partial charge on any atom is 0.410 e. The van der Waals surface area contributed by atoms with E-state index >= 15 is 0 Å². The number of piperidine rings is 2. The van der Waals surface area contributed by atoms with E-state index in [0.29, 0.717) is 58.0 Å². The first-order chi connectivity index (χ1) is 23.8. The Labute approximate surface area is 288 Å². The molecule has 1 atom stereocenters. The fraction of sp³-hybridized carbons (Fsp3) is 0.568. The molecule has 0 bridgehead atoms. The van der Waals surface area contributed by atoms with Crippen molar-refractivity contribution in [2.75, 3.05) is 64.2 Å². The van der Waals surface area contributed by atoms with Crippen molar-refractivity contribution in [1.82, 2.24) is 34.7 Å². The average molecular weight is 671 g/mol. The zero-order valence-corrected chi connectivity index (χ0v) is 28.9. The summed E-state index contributed by atoms with van der Waals surface area (Å²) >= 11 is 0. The maximum absolute atomic E-state index is 14.2. The van der Waals surface area contributed by atoms with Gasteiger partial charge in [0.15, 0.2) is 6.10 Å². The van der Waals surface area contributed by atoms with Gasteiger partial charge < -0.3 is 30.1 Å². The number of urea groups is 1. The monoisotopic (exact) mass is 670 g/mol. The lowest BCUT2D eigenvalue weighted by Crippen LogP contribution is -2.52. The summed E-state index contributed by atoms with van der Waals surface area (Å²) < 4.78 is 7.95. The number of anilines is 1. The summed E-state index contributed by atoms with van der Waals surface area (Å²) in [6, 6.07) is 12.5. The number of hydrogen-bond acceptors (Lipinski definition) is 7. The largest absolute Gasteiger partial charge is 0.436 e. The van der Waals surface area contributed by atoms with Gasteiger partial charge >= 0.3 is 12.1 Å². The van der Waals surface area contributed by atoms with Crippen LogP contribution in [0.25, 0.3) is 10.9 Å². The zero-order valence-electron chi connectivity index (χ0n) is 28.9. The van der Waals surface area contributed by atoms with E-state index in [1.54, 1.807) is 9.58 Å². The molecule has 12 heteroatoms. The number of aromatic nitrogens is 2. The van der Waals surface area contributed by atoms with Crippen molar-refractivity contribution in [2.24, 2.45) is 7.05 Å². The molecule has 3 fully saturated rings. The Balaban J connectivity index is 1.01. The van der Waals surface area contributed by atoms with E-state index in [9.17, 15) is 14.4 Å². The van der Waals surface area contributed by atoms with Gasteiger partial charge in [-0.15, -0.1) is 0 Å². The number of para-hydroxylation sites is 1. The quantitative estimate of drug-likeness (QED) is 0.411. The summed E-state index contributed by atoms with van der Waals surface area (Å²) in [4.78, 5) is 49.1. The summed E-state index contributed by atoms with van der Waals surface area (Å²) in [5, 5.41) is 12.1. The molecule has 49 heavy (non-hydrogen) atoms. The number of nitrogens with one attached hydrogen (secondary N) is 2. The number of carbonyl (C=O) groups is 3. The van der Waals surface area contributed by atoms with Crippen molar-refractivity contribution in [3.05, 3.63) is 59.3 Å². The van der Waals surface area contributed by atoms with Crippen LogP contribution in [0, 0.1) is 6.92 Å². The first-order valence-electron chi connectivity index (χ1n) is 18.1. The van der Waals surface area contributed by atoms with E-state index in [-0.39, 0.29) is 18.0 Å². The van der Waals surface area contributed by atoms with E-state index in [0.717, 1.165) is 85.1 Å². The summed E-state index contributed by atoms with van der Waals surface area (Å²) in [5.74, 6) is -0.121. The van der Waals surface area contributed by atoms with Crippen LogP contribution in [0.2, 0.25) is 0 Å². The first-order valence-corrected chi connectivity index (χ1v) is 18.1. The lowest BCUT2D eigenvalue weighted by atomic mass is 9.99. The molecule has 1 aromatic heterocycles. The number of carbonyl (C=O) groups excluding carboxylic acids is 3. The van der Waals surface area contributed by atoms with Crippen LogP contribution >= 0.6 is 0 Å². The summed E-state index contributed by atoms with van der Waals surface area (Å²) in [6.07, 6.45) is 6.01. The van der Waals surface area contributed by atoms with Crippen molar-refractivity contribution >= 4 is 34.6 Å². The molecule has 3 aromatic rings. The van der Waals surface area contributed by atoms with Gasteiger partial charge in [0, 0.05) is 88.6 Å². The topological polar surface area (TPSA) is 115 Å². The van der Waals surface area contributed by atoms with Gasteiger partial charge in [0.25, 0.3) is 5.91 Å². The van der Waals surface area contributed by atoms with Gasteiger partial charge in [0.1, 0.15) is 0 Å². The Morgan fingerprint density at radius 1 is 0.939 bits per heavy atom. The molecule has 4 amide bonds. The van der Waals surface area contributed by atoms with Crippen LogP contribution in [-0.2, 0) is 29.4 Å². The molecule has 0 saturated carbocycles. The fourth-order valence-corrected chi connectivity index (χ4v) is 8.20. The van der Waals surface area contributed by atoms with Crippen LogP contribution in [0.15, 0.2) is 42.6 Å². The molecule has 2 N–H and O–H groups in total. The number of likely N-dealkylation sites (tertiary alicyclic amines) is 2. The molecule has 0 radical (unpaired) electrons. The van der Waals surface area contributed by atoms with Crippen LogP contribution in [0.4, 0.5) is 15.3 Å². The van der Waals surface area contributed by atoms with E-state index < -0.39 is 12.2 Å². The van der Waals surface area contributed by atoms with E-state index in [1.807, 2.05) is 48.2 Å². The highest BCUT2D eigenvalue weighted by atomic mass is 16.6. The minimum absolute atomic E-state index is 0.0336. The minimum atomic E-state index is -0.924. The third kappa shape index (κ3) is 7.55. The molecule has 5 heterocycles. The number of nitrogens with zero attached hydrogens (tertiary/aromatic N) is 6. The highest BCUT2D eigenvalue weighted by Gasteiger charge is 2.36. The highest BCUT2D eigenvalue weighted by molar-refractivity contribution is 5.91. The van der Waals surface area contributed by atoms with Gasteiger partial charge in [-0.2, -0.15) is 5.10 Å². The fourth-order valence-electron chi connectivity index (χ4n) is 8.20. The number of aryl methyl sites for hydroxylation is 2. The minimum Gasteiger partial charge on any atom is -0.436 e. The number of ether oxygens (including phenoxy) is 1. The summed E-state index contributed by atoms with van der Waals surface area (Å²) in [6.45, 7) is 9.13. The second-order valence-corrected chi connectivity index (χ2v) is 14.2. The van der Waals surface area contributed by atoms with Gasteiger partial charge in [0.2, 0.25) is 0 Å². The Morgan fingerprint density at radius 2 is 1.69 bits per heavy atom. The van der Waals surface area contributed by atoms with Crippen LogP contribution in [0.1, 0.15) is 48.8 Å². The van der Waals surface area contributed by atoms with Crippen LogP contribution in [0.3, 0.4) is 0 Å². The molecule has 0 spiro atoms. The van der Waals surface area contributed by atoms with E-state index in [2.05, 4.69) is 38.8 Å². The number of fused-ring (bicyclic) bond motifs is 2. The smallest absolute Gasteiger partial charge is 0.410 e. The first kappa shape index (κ1) is 33.3. The molecule has 3 saturated heterocycles. The molecule has 262 valence electrons. The van der Waals surface area contributed by atoms with Gasteiger partial charge in [-0.1, -0.05) is 24.3 Å². The number of hydrogen-bond donors (Lipinski definition) is 2. The second-order valence-electron chi connectivity index (χ2n) is 14.2. The molecule has 0 unspecified atom stereocenters. The molecule has 7 rings (SSSR count). The predicted octanol–water partition coefficient (Wildman–Crippen LogP) is 3.77. The van der Waals surface area contributed by atoms with Crippen molar-refractivity contribution in [2.45, 2.75) is 70.1 Å². The predicted molar refractivity (Wildman–Crippen MR) is 189 cm³/mol. The van der Waals surface area contributed by atoms with Gasteiger partial charge in [0.05, 0.1) is 5.52 Å². The Morgan fingerprint density at radius 3 is 2.51 bits per heavy atom. The SMILES string of the molecule is Cc1cc(C[C@@H](OC(=O)N2CCC(N3CCc4ccccc4NC3=O)CC2)C(=O)N2CCC(N3CCCNCC3)CC2)cc2cn(C)nc12. The lowest BCUT2D eigenvalue weighted by molar-refractivity contribution is -0.142.